The summed E-state index contributed by atoms with van der Waals surface area (Å²) in [4.78, 5) is 11.7. The molecule has 0 bridgehead atoms. The minimum atomic E-state index is 0.829. The Morgan fingerprint density at radius 2 is 2.00 bits per heavy atom. The van der Waals surface area contributed by atoms with E-state index in [1.165, 1.54) is 0 Å². The minimum absolute atomic E-state index is 0.829. The summed E-state index contributed by atoms with van der Waals surface area (Å²) in [7, 11) is 7.47. The zero-order valence-corrected chi connectivity index (χ0v) is 7.47. The largest absolute Gasteiger partial charge is 0.333 e. The predicted molar refractivity (Wildman–Crippen MR) is 44.2 cm³/mol. The summed E-state index contributed by atoms with van der Waals surface area (Å²) in [6, 6.07) is 0. The second kappa shape index (κ2) is 4.27. The van der Waals surface area contributed by atoms with E-state index >= 15 is 0 Å². The third-order valence-corrected chi connectivity index (χ3v) is 1.85. The maximum absolute atomic E-state index is 9.86. The van der Waals surface area contributed by atoms with Crippen LogP contribution in [0.15, 0.2) is 4.58 Å². The molecule has 0 fully saturated rings. The second-order valence-electron chi connectivity index (χ2n) is 2.24. The second-order valence-corrected chi connectivity index (χ2v) is 2.93. The molecule has 4 nitrogen and oxygen atoms in total. The Labute approximate surface area is 65.0 Å². The molecule has 0 aliphatic rings. The van der Waals surface area contributed by atoms with Gasteiger partial charge in [-0.05, 0) is 0 Å². The summed E-state index contributed by atoms with van der Waals surface area (Å²) in [6.07, 6.45) is 0. The molecular formula is C5H12N3OS+. The summed E-state index contributed by atoms with van der Waals surface area (Å²) in [5, 5.41) is 0.829. The third-order valence-electron chi connectivity index (χ3n) is 0.884. The van der Waals surface area contributed by atoms with Crippen LogP contribution in [0.2, 0.25) is 0 Å². The lowest BCUT2D eigenvalue weighted by Gasteiger charge is -2.05. The summed E-state index contributed by atoms with van der Waals surface area (Å²) >= 11 is 0.931. The molecule has 0 aliphatic heterocycles. The molecule has 0 rings (SSSR count). The van der Waals surface area contributed by atoms with Gasteiger partial charge in [0.1, 0.15) is 11.9 Å². The van der Waals surface area contributed by atoms with Crippen molar-refractivity contribution in [3.63, 3.8) is 0 Å². The topological polar surface area (TPSA) is 35.7 Å². The van der Waals surface area contributed by atoms with Gasteiger partial charge in [0.2, 0.25) is 0 Å². The number of amidine groups is 1. The summed E-state index contributed by atoms with van der Waals surface area (Å²) < 4.78 is 4.56. The van der Waals surface area contributed by atoms with Gasteiger partial charge in [0, 0.05) is 4.58 Å². The molecule has 0 unspecified atom stereocenters. The molecule has 0 aromatic rings. The molecule has 5 heteroatoms. The molecule has 0 spiro atoms. The van der Waals surface area contributed by atoms with Crippen LogP contribution in [0.4, 0.5) is 0 Å². The van der Waals surface area contributed by atoms with Crippen molar-refractivity contribution in [3.05, 3.63) is 4.91 Å². The van der Waals surface area contributed by atoms with Crippen LogP contribution in [0.1, 0.15) is 0 Å². The summed E-state index contributed by atoms with van der Waals surface area (Å²) in [6.45, 7) is 0. The summed E-state index contributed by atoms with van der Waals surface area (Å²) in [5.74, 6) is 0. The Morgan fingerprint density at radius 3 is 2.10 bits per heavy atom. The van der Waals surface area contributed by atoms with Gasteiger partial charge in [-0.1, -0.05) is 0 Å². The van der Waals surface area contributed by atoms with Crippen molar-refractivity contribution in [2.24, 2.45) is 4.58 Å². The van der Waals surface area contributed by atoms with Crippen LogP contribution < -0.4 is 0 Å². The predicted octanol–water partition coefficient (Wildman–Crippen LogP) is 0.591. The first-order valence-electron chi connectivity index (χ1n) is 2.81. The van der Waals surface area contributed by atoms with Gasteiger partial charge < -0.3 is 0 Å². The van der Waals surface area contributed by atoms with Crippen LogP contribution in [0, 0.1) is 4.91 Å². The van der Waals surface area contributed by atoms with Crippen molar-refractivity contribution in [2.45, 2.75) is 0 Å². The first kappa shape index (κ1) is 9.42. The normalized spacial score (nSPS) is 8.80. The molecule has 0 aliphatic carbocycles. The molecule has 58 valence electrons. The van der Waals surface area contributed by atoms with Gasteiger partial charge in [0.15, 0.2) is 0 Å². The number of hydrogen-bond donors (Lipinski definition) is 0. The number of rotatable bonds is 1. The van der Waals surface area contributed by atoms with E-state index in [9.17, 15) is 4.91 Å². The van der Waals surface area contributed by atoms with Crippen molar-refractivity contribution >= 4 is 17.1 Å². The van der Waals surface area contributed by atoms with E-state index in [4.69, 9.17) is 0 Å². The van der Waals surface area contributed by atoms with E-state index in [1.54, 1.807) is 0 Å². The molecule has 0 aromatic heterocycles. The van der Waals surface area contributed by atoms with Gasteiger partial charge in [0.25, 0.3) is 0 Å². The van der Waals surface area contributed by atoms with E-state index in [0.717, 1.165) is 17.1 Å². The third kappa shape index (κ3) is 2.82. The van der Waals surface area contributed by atoms with Crippen LogP contribution in [-0.4, -0.2) is 42.8 Å². The van der Waals surface area contributed by atoms with E-state index < -0.39 is 0 Å². The Hall–Kier alpha value is -0.580. The van der Waals surface area contributed by atoms with E-state index in [-0.39, 0.29) is 0 Å². The van der Waals surface area contributed by atoms with E-state index in [2.05, 4.69) is 4.58 Å². The molecule has 0 amide bonds. The Balaban J connectivity index is 4.27. The van der Waals surface area contributed by atoms with Crippen molar-refractivity contribution in [1.82, 2.24) is 4.90 Å². The van der Waals surface area contributed by atoms with Crippen molar-refractivity contribution in [1.29, 1.82) is 0 Å². The SMILES string of the molecule is CN(C)C(SN=O)=[N+](C)C. The minimum Gasteiger partial charge on any atom is -0.260 e. The Bertz CT molecular complexity index is 151. The van der Waals surface area contributed by atoms with Crippen LogP contribution in [0.3, 0.4) is 0 Å². The van der Waals surface area contributed by atoms with Gasteiger partial charge in [-0.25, -0.2) is 0 Å². The Kier molecular flexibility index (Phi) is 4.02. The van der Waals surface area contributed by atoms with E-state index in [1.807, 2.05) is 37.7 Å². The Morgan fingerprint density at radius 1 is 1.50 bits per heavy atom. The smallest absolute Gasteiger partial charge is 0.260 e. The molecule has 10 heavy (non-hydrogen) atoms. The molecule has 0 atom stereocenters. The highest BCUT2D eigenvalue weighted by molar-refractivity contribution is 8.12. The van der Waals surface area contributed by atoms with Gasteiger partial charge >= 0.3 is 5.17 Å². The van der Waals surface area contributed by atoms with Gasteiger partial charge in [-0.3, -0.25) is 9.48 Å². The molecule has 0 heterocycles. The van der Waals surface area contributed by atoms with Crippen LogP contribution in [0.5, 0.6) is 0 Å². The fourth-order valence-corrected chi connectivity index (χ4v) is 0.990. The lowest BCUT2D eigenvalue weighted by molar-refractivity contribution is -0.466. The monoisotopic (exact) mass is 162 g/mol. The molecule has 0 aromatic carbocycles. The number of nitroso groups, excluding NO2 is 1. The van der Waals surface area contributed by atoms with Crippen LogP contribution >= 0.6 is 11.9 Å². The average molecular weight is 162 g/mol. The molecule has 0 N–H and O–H groups in total. The fraction of sp³-hybridized carbons (Fsp3) is 0.800. The van der Waals surface area contributed by atoms with Crippen LogP contribution in [0.25, 0.3) is 0 Å². The van der Waals surface area contributed by atoms with E-state index in [0.29, 0.717) is 0 Å². The molecular weight excluding hydrogens is 150 g/mol. The lowest BCUT2D eigenvalue weighted by Crippen LogP contribution is -2.25. The highest BCUT2D eigenvalue weighted by Crippen LogP contribution is 2.04. The van der Waals surface area contributed by atoms with Gasteiger partial charge in [-0.15, -0.1) is 4.91 Å². The first-order chi connectivity index (χ1) is 4.59. The maximum atomic E-state index is 9.86. The molecule has 0 radical (unpaired) electrons. The molecule has 0 saturated heterocycles. The van der Waals surface area contributed by atoms with Crippen LogP contribution in [-0.2, 0) is 0 Å². The van der Waals surface area contributed by atoms with Crippen molar-refractivity contribution < 1.29 is 4.58 Å². The van der Waals surface area contributed by atoms with Crippen molar-refractivity contribution in [3.8, 4) is 0 Å². The maximum Gasteiger partial charge on any atom is 0.333 e. The van der Waals surface area contributed by atoms with Gasteiger partial charge in [0.05, 0.1) is 28.2 Å². The molecule has 0 saturated carbocycles. The zero-order chi connectivity index (χ0) is 8.15. The number of nitrogens with zero attached hydrogens (tertiary/aromatic N) is 3. The average Bonchev–Trinajstić information content (AvgIpc) is 1.81. The first-order valence-corrected chi connectivity index (χ1v) is 3.58. The zero-order valence-electron chi connectivity index (χ0n) is 6.66. The lowest BCUT2D eigenvalue weighted by atomic mass is 10.9. The van der Waals surface area contributed by atoms with Gasteiger partial charge in [-0.2, -0.15) is 0 Å². The summed E-state index contributed by atoms with van der Waals surface area (Å²) in [5.41, 5.74) is 0. The fourth-order valence-electron chi connectivity index (χ4n) is 0.597. The highest BCUT2D eigenvalue weighted by atomic mass is 32.2. The van der Waals surface area contributed by atoms with Crippen molar-refractivity contribution in [2.75, 3.05) is 28.2 Å². The number of hydrogen-bond acceptors (Lipinski definition) is 3. The standard InChI is InChI=1S/C5H12N3OS/c1-7(2)5(8(3)4)10-6-9/h1-4H3/q+1. The highest BCUT2D eigenvalue weighted by Gasteiger charge is 2.12. The quantitative estimate of drug-likeness (QED) is 0.186.